The van der Waals surface area contributed by atoms with Crippen molar-refractivity contribution in [1.82, 2.24) is 15.2 Å². The maximum Gasteiger partial charge on any atom is 0.253 e. The number of rotatable bonds is 6. The molecule has 3 unspecified atom stereocenters. The molecule has 0 radical (unpaired) electrons. The number of piperidine rings is 1. The highest BCUT2D eigenvalue weighted by atomic mass is 32.2. The minimum absolute atomic E-state index is 0.0272. The number of nitrogens with one attached hydrogen (secondary N) is 2. The van der Waals surface area contributed by atoms with E-state index in [0.29, 0.717) is 18.0 Å². The van der Waals surface area contributed by atoms with Gasteiger partial charge in [-0.1, -0.05) is 18.2 Å². The fourth-order valence-electron chi connectivity index (χ4n) is 6.02. The number of carbonyl (C=O) groups excluding carboxylic acids is 2. The smallest absolute Gasteiger partial charge is 0.253 e. The molecule has 1 aromatic heterocycles. The maximum atomic E-state index is 13.5. The summed E-state index contributed by atoms with van der Waals surface area (Å²) in [6, 6.07) is 8.51. The Morgan fingerprint density at radius 2 is 2.00 bits per heavy atom. The molecule has 1 saturated heterocycles. The van der Waals surface area contributed by atoms with Crippen molar-refractivity contribution in [3.05, 3.63) is 35.5 Å². The fraction of sp³-hybridized carbons (Fsp3) is 0.630. The van der Waals surface area contributed by atoms with Gasteiger partial charge in [0.15, 0.2) is 0 Å². The zero-order valence-electron chi connectivity index (χ0n) is 21.1. The molecular formula is C27H39N3O3S. The van der Waals surface area contributed by atoms with Gasteiger partial charge in [-0.25, -0.2) is 0 Å². The number of para-hydroxylation sites is 1. The molecule has 1 aliphatic heterocycles. The van der Waals surface area contributed by atoms with Crippen molar-refractivity contribution in [2.75, 3.05) is 12.8 Å². The predicted molar refractivity (Wildman–Crippen MR) is 139 cm³/mol. The van der Waals surface area contributed by atoms with Gasteiger partial charge in [0.1, 0.15) is 0 Å². The Morgan fingerprint density at radius 3 is 2.68 bits per heavy atom. The number of amides is 2. The zero-order valence-corrected chi connectivity index (χ0v) is 21.9. The largest absolute Gasteiger partial charge is 0.390 e. The summed E-state index contributed by atoms with van der Waals surface area (Å²) < 4.78 is 2.31. The van der Waals surface area contributed by atoms with Crippen LogP contribution in [0.2, 0.25) is 0 Å². The molecule has 2 fully saturated rings. The lowest BCUT2D eigenvalue weighted by Gasteiger charge is -2.37. The van der Waals surface area contributed by atoms with Crippen molar-refractivity contribution in [1.29, 1.82) is 0 Å². The lowest BCUT2D eigenvalue weighted by Crippen LogP contribution is -2.52. The third kappa shape index (κ3) is 4.87. The van der Waals surface area contributed by atoms with Gasteiger partial charge in [0.05, 0.1) is 17.1 Å². The van der Waals surface area contributed by atoms with Crippen molar-refractivity contribution in [2.45, 2.75) is 82.7 Å². The molecule has 2 aliphatic rings. The first-order valence-electron chi connectivity index (χ1n) is 12.6. The van der Waals surface area contributed by atoms with Gasteiger partial charge in [0.25, 0.3) is 5.91 Å². The third-order valence-corrected chi connectivity index (χ3v) is 9.25. The van der Waals surface area contributed by atoms with E-state index in [1.54, 1.807) is 11.8 Å². The minimum Gasteiger partial charge on any atom is -0.390 e. The SMILES string of the molecule is CSC1CC(C)NC(=O)C1CNC(=O)c1c(C)n([C@H](C)C2CCC(C)(O)CC2)c2ccccc12. The van der Waals surface area contributed by atoms with Crippen LogP contribution in [0.1, 0.15) is 75.0 Å². The zero-order chi connectivity index (χ0) is 24.6. The topological polar surface area (TPSA) is 83.4 Å². The van der Waals surface area contributed by atoms with E-state index in [9.17, 15) is 14.7 Å². The molecule has 1 aromatic carbocycles. The van der Waals surface area contributed by atoms with Crippen LogP contribution in [-0.2, 0) is 4.79 Å². The lowest BCUT2D eigenvalue weighted by molar-refractivity contribution is -0.127. The molecule has 34 heavy (non-hydrogen) atoms. The number of thioether (sulfide) groups is 1. The third-order valence-electron chi connectivity index (χ3n) is 8.13. The van der Waals surface area contributed by atoms with Gasteiger partial charge in [-0.3, -0.25) is 9.59 Å². The summed E-state index contributed by atoms with van der Waals surface area (Å²) in [6.07, 6.45) is 6.53. The summed E-state index contributed by atoms with van der Waals surface area (Å²) in [4.78, 5) is 26.1. The van der Waals surface area contributed by atoms with Crippen LogP contribution in [-0.4, -0.2) is 51.2 Å². The van der Waals surface area contributed by atoms with Crippen LogP contribution in [0.4, 0.5) is 0 Å². The van der Waals surface area contributed by atoms with Gasteiger partial charge < -0.3 is 20.3 Å². The average molecular weight is 486 g/mol. The van der Waals surface area contributed by atoms with E-state index < -0.39 is 5.60 Å². The van der Waals surface area contributed by atoms with Crippen molar-refractivity contribution < 1.29 is 14.7 Å². The standard InChI is InChI=1S/C27H39N3O3S/c1-16-14-23(34-5)21(25(31)29-16)15-28-26(32)24-18(3)30(22-9-7-6-8-20(22)24)17(2)19-10-12-27(4,33)13-11-19/h6-9,16-17,19,21,23,33H,10-15H2,1-5H3,(H,28,32)(H,29,31)/t16?,17-,19?,21?,23?,27?/m1/s1. The van der Waals surface area contributed by atoms with E-state index in [2.05, 4.69) is 28.2 Å². The summed E-state index contributed by atoms with van der Waals surface area (Å²) >= 11 is 1.70. The molecule has 1 aliphatic carbocycles. The normalized spacial score (nSPS) is 30.7. The first kappa shape index (κ1) is 25.1. The average Bonchev–Trinajstić information content (AvgIpc) is 3.09. The van der Waals surface area contributed by atoms with Gasteiger partial charge in [0, 0.05) is 40.5 Å². The highest BCUT2D eigenvalue weighted by Crippen LogP contribution is 2.40. The number of aliphatic hydroxyl groups is 1. The fourth-order valence-corrected chi connectivity index (χ4v) is 7.05. The van der Waals surface area contributed by atoms with Crippen molar-refractivity contribution >= 4 is 34.5 Å². The number of hydrogen-bond donors (Lipinski definition) is 3. The molecule has 4 atom stereocenters. The lowest BCUT2D eigenvalue weighted by atomic mass is 9.77. The predicted octanol–water partition coefficient (Wildman–Crippen LogP) is 4.44. The van der Waals surface area contributed by atoms with Crippen LogP contribution in [0, 0.1) is 18.8 Å². The highest BCUT2D eigenvalue weighted by molar-refractivity contribution is 7.99. The molecule has 0 spiro atoms. The number of carbonyl (C=O) groups is 2. The van der Waals surface area contributed by atoms with Crippen molar-refractivity contribution in [3.8, 4) is 0 Å². The molecule has 3 N–H and O–H groups in total. The summed E-state index contributed by atoms with van der Waals surface area (Å²) in [6.45, 7) is 8.58. The molecule has 186 valence electrons. The maximum absolute atomic E-state index is 13.5. The van der Waals surface area contributed by atoms with Gasteiger partial charge >= 0.3 is 0 Å². The highest BCUT2D eigenvalue weighted by Gasteiger charge is 2.36. The van der Waals surface area contributed by atoms with Gasteiger partial charge in [-0.15, -0.1) is 0 Å². The summed E-state index contributed by atoms with van der Waals surface area (Å²) in [5, 5.41) is 17.7. The molecular weight excluding hydrogens is 446 g/mol. The first-order valence-corrected chi connectivity index (χ1v) is 13.8. The van der Waals surface area contributed by atoms with E-state index >= 15 is 0 Å². The Bertz CT molecular complexity index is 1050. The molecule has 4 rings (SSSR count). The number of nitrogens with zero attached hydrogens (tertiary/aromatic N) is 1. The van der Waals surface area contributed by atoms with Crippen molar-refractivity contribution in [3.63, 3.8) is 0 Å². The van der Waals surface area contributed by atoms with E-state index in [-0.39, 0.29) is 35.1 Å². The monoisotopic (exact) mass is 485 g/mol. The summed E-state index contributed by atoms with van der Waals surface area (Å²) in [5.74, 6) is 0.149. The Balaban J connectivity index is 1.58. The Kier molecular flexibility index (Phi) is 7.34. The van der Waals surface area contributed by atoms with Crippen LogP contribution in [0.5, 0.6) is 0 Å². The molecule has 2 aromatic rings. The number of hydrogen-bond acceptors (Lipinski definition) is 4. The molecule has 7 heteroatoms. The van der Waals surface area contributed by atoms with E-state index in [1.807, 2.05) is 45.2 Å². The van der Waals surface area contributed by atoms with Gasteiger partial charge in [-0.05, 0) is 78.0 Å². The number of fused-ring (bicyclic) bond motifs is 1. The number of benzene rings is 1. The summed E-state index contributed by atoms with van der Waals surface area (Å²) in [7, 11) is 0. The molecule has 2 heterocycles. The van der Waals surface area contributed by atoms with Crippen LogP contribution in [0.25, 0.3) is 10.9 Å². The first-order chi connectivity index (χ1) is 16.1. The molecule has 6 nitrogen and oxygen atoms in total. The number of aromatic nitrogens is 1. The van der Waals surface area contributed by atoms with Gasteiger partial charge in [0.2, 0.25) is 5.91 Å². The Morgan fingerprint density at radius 1 is 1.32 bits per heavy atom. The quantitative estimate of drug-likeness (QED) is 0.565. The van der Waals surface area contributed by atoms with Gasteiger partial charge in [-0.2, -0.15) is 11.8 Å². The second-order valence-corrected chi connectivity index (χ2v) is 11.7. The van der Waals surface area contributed by atoms with Crippen molar-refractivity contribution in [2.24, 2.45) is 11.8 Å². The van der Waals surface area contributed by atoms with Crippen LogP contribution in [0.3, 0.4) is 0 Å². The van der Waals surface area contributed by atoms with E-state index in [4.69, 9.17) is 0 Å². The van der Waals surface area contributed by atoms with E-state index in [0.717, 1.165) is 48.7 Å². The Hall–Kier alpha value is -1.99. The Labute approximate surface area is 207 Å². The minimum atomic E-state index is -0.563. The molecule has 1 saturated carbocycles. The van der Waals surface area contributed by atoms with Crippen LogP contribution < -0.4 is 10.6 Å². The second-order valence-electron chi connectivity index (χ2n) is 10.7. The van der Waals surface area contributed by atoms with E-state index in [1.165, 1.54) is 0 Å². The summed E-state index contributed by atoms with van der Waals surface area (Å²) in [5.41, 5.74) is 2.18. The second kappa shape index (κ2) is 9.94. The molecule has 2 amide bonds. The molecule has 0 bridgehead atoms. The van der Waals surface area contributed by atoms with Crippen LogP contribution in [0.15, 0.2) is 24.3 Å². The van der Waals surface area contributed by atoms with Crippen LogP contribution >= 0.6 is 11.8 Å².